The molecular weight excluding hydrogens is 488 g/mol. The zero-order valence-corrected chi connectivity index (χ0v) is 22.6. The van der Waals surface area contributed by atoms with Crippen molar-refractivity contribution in [1.29, 1.82) is 0 Å². The molecular formula is C28H30N4O2S2. The molecule has 1 aromatic carbocycles. The molecule has 2 fully saturated rings. The summed E-state index contributed by atoms with van der Waals surface area (Å²) in [5, 5.41) is 0. The van der Waals surface area contributed by atoms with E-state index in [9.17, 15) is 9.59 Å². The van der Waals surface area contributed by atoms with E-state index >= 15 is 0 Å². The molecule has 0 spiro atoms. The number of rotatable bonds is 4. The van der Waals surface area contributed by atoms with Crippen LogP contribution in [0.5, 0.6) is 0 Å². The van der Waals surface area contributed by atoms with Crippen molar-refractivity contribution in [2.75, 3.05) is 18.0 Å². The fourth-order valence-electron chi connectivity index (χ4n) is 5.33. The molecule has 36 heavy (non-hydrogen) atoms. The number of fused-ring (bicyclic) bond motifs is 1. The van der Waals surface area contributed by atoms with Crippen LogP contribution >= 0.6 is 24.0 Å². The van der Waals surface area contributed by atoms with Gasteiger partial charge in [-0.15, -0.1) is 0 Å². The van der Waals surface area contributed by atoms with Crippen molar-refractivity contribution in [2.45, 2.75) is 40.2 Å². The number of pyridine rings is 1. The molecule has 2 aromatic heterocycles. The largest absolute Gasteiger partial charge is 0.355 e. The number of piperidine rings is 1. The lowest BCUT2D eigenvalue weighted by atomic mass is 9.91. The van der Waals surface area contributed by atoms with Crippen molar-refractivity contribution in [3.8, 4) is 0 Å². The third kappa shape index (κ3) is 4.48. The third-order valence-corrected chi connectivity index (χ3v) is 8.33. The molecule has 8 heteroatoms. The van der Waals surface area contributed by atoms with E-state index in [1.54, 1.807) is 21.6 Å². The number of amides is 1. The van der Waals surface area contributed by atoms with Crippen LogP contribution in [0.25, 0.3) is 11.7 Å². The molecule has 2 aliphatic rings. The molecule has 4 heterocycles. The smallest absolute Gasteiger partial charge is 0.267 e. The SMILES string of the molecule is Cc1cccn2c(=O)c(/C=C3\SC(=S)N([C@H](C)c4ccccc4)C3=O)c(N3C[C@H](C)C[C@H](C)C3)nc12. The highest BCUT2D eigenvalue weighted by molar-refractivity contribution is 8.26. The van der Waals surface area contributed by atoms with Crippen molar-refractivity contribution < 1.29 is 4.79 Å². The van der Waals surface area contributed by atoms with Gasteiger partial charge in [-0.2, -0.15) is 0 Å². The number of hydrogen-bond acceptors (Lipinski definition) is 6. The molecule has 5 rings (SSSR count). The molecule has 2 aliphatic heterocycles. The van der Waals surface area contributed by atoms with Gasteiger partial charge in [-0.3, -0.25) is 18.9 Å². The molecule has 1 amide bonds. The Balaban J connectivity index is 1.62. The van der Waals surface area contributed by atoms with Crippen LogP contribution in [0.4, 0.5) is 5.82 Å². The fourth-order valence-corrected chi connectivity index (χ4v) is 6.73. The second-order valence-corrected chi connectivity index (χ2v) is 11.7. The number of thioether (sulfide) groups is 1. The molecule has 0 bridgehead atoms. The first kappa shape index (κ1) is 24.7. The van der Waals surface area contributed by atoms with Gasteiger partial charge >= 0.3 is 0 Å². The van der Waals surface area contributed by atoms with Gasteiger partial charge in [-0.05, 0) is 55.4 Å². The monoisotopic (exact) mass is 518 g/mol. The third-order valence-electron chi connectivity index (χ3n) is 7.00. The second-order valence-electron chi connectivity index (χ2n) is 10.0. The molecule has 0 saturated carbocycles. The molecule has 2 saturated heterocycles. The number of anilines is 1. The topological polar surface area (TPSA) is 57.9 Å². The molecule has 0 unspecified atom stereocenters. The summed E-state index contributed by atoms with van der Waals surface area (Å²) >= 11 is 6.87. The Hall–Kier alpha value is -2.97. The van der Waals surface area contributed by atoms with E-state index in [1.807, 2.05) is 56.3 Å². The second kappa shape index (κ2) is 9.82. The summed E-state index contributed by atoms with van der Waals surface area (Å²) in [5.41, 5.74) is 2.85. The first-order valence-corrected chi connectivity index (χ1v) is 13.6. The van der Waals surface area contributed by atoms with E-state index in [0.29, 0.717) is 38.1 Å². The van der Waals surface area contributed by atoms with Crippen LogP contribution in [0.2, 0.25) is 0 Å². The summed E-state index contributed by atoms with van der Waals surface area (Å²) in [6, 6.07) is 13.4. The maximum atomic E-state index is 13.8. The normalized spacial score (nSPS) is 22.6. The number of nitrogens with zero attached hydrogens (tertiary/aromatic N) is 4. The number of aromatic nitrogens is 2. The lowest BCUT2D eigenvalue weighted by Crippen LogP contribution is -2.40. The Kier molecular flexibility index (Phi) is 6.74. The van der Waals surface area contributed by atoms with Gasteiger partial charge in [0.05, 0.1) is 16.5 Å². The van der Waals surface area contributed by atoms with Gasteiger partial charge in [0, 0.05) is 19.3 Å². The van der Waals surface area contributed by atoms with E-state index < -0.39 is 0 Å². The van der Waals surface area contributed by atoms with Gasteiger partial charge in [-0.25, -0.2) is 4.98 Å². The highest BCUT2D eigenvalue weighted by Gasteiger charge is 2.37. The van der Waals surface area contributed by atoms with Gasteiger partial charge in [0.15, 0.2) is 0 Å². The summed E-state index contributed by atoms with van der Waals surface area (Å²) in [5.74, 6) is 1.45. The zero-order valence-electron chi connectivity index (χ0n) is 21.0. The number of carbonyl (C=O) groups excluding carboxylic acids is 1. The molecule has 6 nitrogen and oxygen atoms in total. The van der Waals surface area contributed by atoms with Crippen molar-refractivity contribution in [1.82, 2.24) is 14.3 Å². The fraction of sp³-hybridized carbons (Fsp3) is 0.357. The number of aryl methyl sites for hydroxylation is 1. The lowest BCUT2D eigenvalue weighted by molar-refractivity contribution is -0.123. The highest BCUT2D eigenvalue weighted by atomic mass is 32.2. The van der Waals surface area contributed by atoms with Crippen molar-refractivity contribution in [2.24, 2.45) is 11.8 Å². The van der Waals surface area contributed by atoms with Crippen LogP contribution in [0.3, 0.4) is 0 Å². The van der Waals surface area contributed by atoms with E-state index in [4.69, 9.17) is 17.2 Å². The minimum Gasteiger partial charge on any atom is -0.355 e. The molecule has 0 aliphatic carbocycles. The van der Waals surface area contributed by atoms with Crippen LogP contribution in [0.1, 0.15) is 49.9 Å². The summed E-state index contributed by atoms with van der Waals surface area (Å²) < 4.78 is 2.07. The minimum absolute atomic E-state index is 0.175. The number of carbonyl (C=O) groups is 1. The quantitative estimate of drug-likeness (QED) is 0.338. The predicted molar refractivity (Wildman–Crippen MR) is 151 cm³/mol. The van der Waals surface area contributed by atoms with Crippen LogP contribution < -0.4 is 10.5 Å². The number of thiocarbonyl (C=S) groups is 1. The standard InChI is InChI=1S/C28H30N4O2S2/c1-17-13-18(2)16-30(15-17)25-22(26(33)31-12-8-9-19(3)24(31)29-25)14-23-27(34)32(28(35)36-23)20(4)21-10-6-5-7-11-21/h5-12,14,17-18,20H,13,15-16H2,1-4H3/b23-14-/t17-,18+,20-/m1/s1. The van der Waals surface area contributed by atoms with E-state index in [1.165, 1.54) is 11.8 Å². The van der Waals surface area contributed by atoms with Crippen LogP contribution in [-0.2, 0) is 4.79 Å². The molecule has 186 valence electrons. The van der Waals surface area contributed by atoms with Gasteiger partial charge in [-0.1, -0.05) is 74.2 Å². The Morgan fingerprint density at radius 1 is 1.08 bits per heavy atom. The molecule has 0 radical (unpaired) electrons. The maximum absolute atomic E-state index is 13.8. The van der Waals surface area contributed by atoms with E-state index in [0.717, 1.165) is 30.6 Å². The van der Waals surface area contributed by atoms with Crippen molar-refractivity contribution in [3.63, 3.8) is 0 Å². The summed E-state index contributed by atoms with van der Waals surface area (Å²) in [6.45, 7) is 10.1. The van der Waals surface area contributed by atoms with Crippen LogP contribution in [-0.4, -0.2) is 37.6 Å². The van der Waals surface area contributed by atoms with Gasteiger partial charge in [0.1, 0.15) is 15.8 Å². The number of hydrogen-bond donors (Lipinski definition) is 0. The zero-order chi connectivity index (χ0) is 25.6. The summed E-state index contributed by atoms with van der Waals surface area (Å²) in [4.78, 5) is 36.7. The molecule has 0 N–H and O–H groups in total. The Bertz CT molecular complexity index is 1420. The molecule has 3 atom stereocenters. The maximum Gasteiger partial charge on any atom is 0.267 e. The predicted octanol–water partition coefficient (Wildman–Crippen LogP) is 5.45. The number of benzene rings is 1. The van der Waals surface area contributed by atoms with Gasteiger partial charge in [0.2, 0.25) is 0 Å². The van der Waals surface area contributed by atoms with Gasteiger partial charge < -0.3 is 4.90 Å². The minimum atomic E-state index is -0.202. The first-order valence-electron chi connectivity index (χ1n) is 12.3. The molecule has 3 aromatic rings. The van der Waals surface area contributed by atoms with Gasteiger partial charge in [0.25, 0.3) is 11.5 Å². The highest BCUT2D eigenvalue weighted by Crippen LogP contribution is 2.39. The van der Waals surface area contributed by atoms with Crippen molar-refractivity contribution in [3.05, 3.63) is 80.6 Å². The van der Waals surface area contributed by atoms with E-state index in [2.05, 4.69) is 18.7 Å². The lowest BCUT2D eigenvalue weighted by Gasteiger charge is -2.36. The summed E-state index contributed by atoms with van der Waals surface area (Å²) in [6.07, 6.45) is 4.59. The Morgan fingerprint density at radius 2 is 1.78 bits per heavy atom. The van der Waals surface area contributed by atoms with E-state index in [-0.39, 0.29) is 17.5 Å². The van der Waals surface area contributed by atoms with Crippen LogP contribution in [0, 0.1) is 18.8 Å². The first-order chi connectivity index (χ1) is 17.2. The van der Waals surface area contributed by atoms with Crippen LogP contribution in [0.15, 0.2) is 58.4 Å². The average molecular weight is 519 g/mol. The average Bonchev–Trinajstić information content (AvgIpc) is 3.13. The Labute approximate surface area is 221 Å². The Morgan fingerprint density at radius 3 is 2.47 bits per heavy atom. The summed E-state index contributed by atoms with van der Waals surface area (Å²) in [7, 11) is 0. The van der Waals surface area contributed by atoms with Crippen molar-refractivity contribution >= 4 is 51.7 Å².